The fraction of sp³-hybridized carbons (Fsp3) is 0.409. The lowest BCUT2D eigenvalue weighted by Crippen LogP contribution is -2.48. The number of ether oxygens (including phenoxy) is 1. The zero-order chi connectivity index (χ0) is 22.0. The number of rotatable bonds is 12. The Hall–Kier alpha value is -2.09. The molecule has 0 radical (unpaired) electrons. The number of halogens is 1. The molecule has 0 saturated heterocycles. The Morgan fingerprint density at radius 2 is 1.83 bits per heavy atom. The van der Waals surface area contributed by atoms with Crippen molar-refractivity contribution < 1.29 is 17.9 Å². The molecule has 2 N–H and O–H groups in total. The predicted octanol–water partition coefficient (Wildman–Crippen LogP) is 3.93. The first-order valence-electron chi connectivity index (χ1n) is 10.1. The summed E-state index contributed by atoms with van der Waals surface area (Å²) in [4.78, 5) is 12.7. The molecule has 30 heavy (non-hydrogen) atoms. The maximum absolute atomic E-state index is 12.9. The van der Waals surface area contributed by atoms with Crippen LogP contribution in [0.5, 0.6) is 5.75 Å². The fourth-order valence-corrected chi connectivity index (χ4v) is 4.45. The molecular formula is C22H29ClN2O4S. The average molecular weight is 453 g/mol. The molecule has 2 aromatic rings. The molecule has 0 aliphatic rings. The second-order valence-electron chi connectivity index (χ2n) is 6.89. The van der Waals surface area contributed by atoms with Gasteiger partial charge in [-0.1, -0.05) is 61.7 Å². The molecule has 0 unspecified atom stereocenters. The van der Waals surface area contributed by atoms with Crippen LogP contribution >= 0.6 is 11.6 Å². The average Bonchev–Trinajstić information content (AvgIpc) is 2.72. The van der Waals surface area contributed by atoms with Gasteiger partial charge in [-0.25, -0.2) is 8.42 Å². The van der Waals surface area contributed by atoms with Crippen molar-refractivity contribution in [2.45, 2.75) is 50.5 Å². The topological polar surface area (TPSA) is 84.5 Å². The second-order valence-corrected chi connectivity index (χ2v) is 9.01. The van der Waals surface area contributed by atoms with Gasteiger partial charge >= 0.3 is 0 Å². The van der Waals surface area contributed by atoms with Crippen LogP contribution in [-0.2, 0) is 21.2 Å². The van der Waals surface area contributed by atoms with Gasteiger partial charge in [0.2, 0.25) is 15.9 Å². The van der Waals surface area contributed by atoms with Gasteiger partial charge in [-0.2, -0.15) is 4.72 Å². The number of carbonyl (C=O) groups excluding carboxylic acids is 1. The molecule has 1 amide bonds. The lowest BCUT2D eigenvalue weighted by Gasteiger charge is -2.19. The summed E-state index contributed by atoms with van der Waals surface area (Å²) in [5.41, 5.74) is 0.860. The molecular weight excluding hydrogens is 424 g/mol. The van der Waals surface area contributed by atoms with E-state index in [0.717, 1.165) is 24.8 Å². The lowest BCUT2D eigenvalue weighted by atomic mass is 10.1. The summed E-state index contributed by atoms with van der Waals surface area (Å²) in [6.45, 7) is 4.82. The molecule has 0 aliphatic carbocycles. The van der Waals surface area contributed by atoms with Gasteiger partial charge in [-0.05, 0) is 43.5 Å². The highest BCUT2D eigenvalue weighted by Crippen LogP contribution is 2.27. The van der Waals surface area contributed by atoms with Crippen LogP contribution in [0.15, 0.2) is 53.4 Å². The lowest BCUT2D eigenvalue weighted by molar-refractivity contribution is -0.122. The predicted molar refractivity (Wildman–Crippen MR) is 119 cm³/mol. The number of carbonyl (C=O) groups is 1. The number of amides is 1. The van der Waals surface area contributed by atoms with Gasteiger partial charge in [0.15, 0.2) is 0 Å². The zero-order valence-electron chi connectivity index (χ0n) is 17.4. The summed E-state index contributed by atoms with van der Waals surface area (Å²) in [7, 11) is -3.96. The maximum Gasteiger partial charge on any atom is 0.241 e. The number of unbranched alkanes of at least 4 members (excludes halogenated alkanes) is 2. The molecule has 0 saturated carbocycles. The minimum Gasteiger partial charge on any atom is -0.492 e. The van der Waals surface area contributed by atoms with E-state index in [9.17, 15) is 13.2 Å². The van der Waals surface area contributed by atoms with E-state index in [2.05, 4.69) is 17.0 Å². The maximum atomic E-state index is 12.9. The van der Waals surface area contributed by atoms with Crippen LogP contribution in [0.1, 0.15) is 38.7 Å². The van der Waals surface area contributed by atoms with E-state index >= 15 is 0 Å². The van der Waals surface area contributed by atoms with E-state index in [1.165, 1.54) is 18.2 Å². The van der Waals surface area contributed by atoms with Crippen molar-refractivity contribution in [2.24, 2.45) is 0 Å². The molecule has 2 rings (SSSR count). The third kappa shape index (κ3) is 7.31. The fourth-order valence-electron chi connectivity index (χ4n) is 2.92. The summed E-state index contributed by atoms with van der Waals surface area (Å²) in [5, 5.41) is 3.03. The van der Waals surface area contributed by atoms with Crippen LogP contribution in [-0.4, -0.2) is 33.5 Å². The van der Waals surface area contributed by atoms with Crippen molar-refractivity contribution in [3.63, 3.8) is 0 Å². The summed E-state index contributed by atoms with van der Waals surface area (Å²) >= 11 is 6.14. The standard InChI is InChI=1S/C22H29ClN2O4S/c1-3-5-9-14-24-22(26)20(15-17-10-7-6-8-11-17)25-30(27,28)18-12-13-21(29-4-2)19(23)16-18/h6-8,10-13,16,20,25H,3-5,9,14-15H2,1-2H3,(H,24,26)/t20-/m1/s1. The van der Waals surface area contributed by atoms with Crippen molar-refractivity contribution in [2.75, 3.05) is 13.2 Å². The van der Waals surface area contributed by atoms with Crippen LogP contribution in [0.3, 0.4) is 0 Å². The van der Waals surface area contributed by atoms with E-state index in [4.69, 9.17) is 16.3 Å². The van der Waals surface area contributed by atoms with Crippen molar-refractivity contribution in [3.05, 3.63) is 59.1 Å². The summed E-state index contributed by atoms with van der Waals surface area (Å²) in [6, 6.07) is 12.6. The van der Waals surface area contributed by atoms with Gasteiger partial charge in [0.05, 0.1) is 16.5 Å². The summed E-state index contributed by atoms with van der Waals surface area (Å²) in [5.74, 6) is 0.0585. The molecule has 6 nitrogen and oxygen atoms in total. The number of benzene rings is 2. The first-order chi connectivity index (χ1) is 14.4. The third-order valence-electron chi connectivity index (χ3n) is 4.49. The highest BCUT2D eigenvalue weighted by molar-refractivity contribution is 7.89. The van der Waals surface area contributed by atoms with Gasteiger partial charge in [0, 0.05) is 6.54 Å². The minimum absolute atomic E-state index is 0.0206. The zero-order valence-corrected chi connectivity index (χ0v) is 18.9. The molecule has 8 heteroatoms. The Bertz CT molecular complexity index is 920. The van der Waals surface area contributed by atoms with Gasteiger partial charge < -0.3 is 10.1 Å². The Balaban J connectivity index is 2.20. The van der Waals surface area contributed by atoms with Gasteiger partial charge in [0.1, 0.15) is 11.8 Å². The SMILES string of the molecule is CCCCCNC(=O)[C@@H](Cc1ccccc1)NS(=O)(=O)c1ccc(OCC)c(Cl)c1. The molecule has 0 heterocycles. The molecule has 0 bridgehead atoms. The molecule has 2 aromatic carbocycles. The largest absolute Gasteiger partial charge is 0.492 e. The third-order valence-corrected chi connectivity index (χ3v) is 6.25. The highest BCUT2D eigenvalue weighted by Gasteiger charge is 2.26. The van der Waals surface area contributed by atoms with E-state index in [-0.39, 0.29) is 22.2 Å². The van der Waals surface area contributed by atoms with Crippen LogP contribution < -0.4 is 14.8 Å². The highest BCUT2D eigenvalue weighted by atomic mass is 35.5. The monoisotopic (exact) mass is 452 g/mol. The smallest absolute Gasteiger partial charge is 0.241 e. The molecule has 0 spiro atoms. The van der Waals surface area contributed by atoms with Crippen LogP contribution in [0.25, 0.3) is 0 Å². The van der Waals surface area contributed by atoms with E-state index < -0.39 is 16.1 Å². The van der Waals surface area contributed by atoms with Crippen LogP contribution in [0, 0.1) is 0 Å². The van der Waals surface area contributed by atoms with E-state index in [1.54, 1.807) is 0 Å². The quantitative estimate of drug-likeness (QED) is 0.478. The first-order valence-corrected chi connectivity index (χ1v) is 12.0. The summed E-state index contributed by atoms with van der Waals surface area (Å²) in [6.07, 6.45) is 3.13. The number of hydrogen-bond donors (Lipinski definition) is 2. The Labute approximate surface area is 184 Å². The Kier molecular flexibility index (Phi) is 9.62. The Morgan fingerprint density at radius 1 is 1.10 bits per heavy atom. The van der Waals surface area contributed by atoms with Crippen LogP contribution in [0.2, 0.25) is 5.02 Å². The molecule has 164 valence electrons. The molecule has 1 atom stereocenters. The van der Waals surface area contributed by atoms with Gasteiger partial charge in [-0.15, -0.1) is 0 Å². The van der Waals surface area contributed by atoms with Gasteiger partial charge in [0.25, 0.3) is 0 Å². The van der Waals surface area contributed by atoms with Crippen molar-refractivity contribution in [1.29, 1.82) is 0 Å². The van der Waals surface area contributed by atoms with Crippen molar-refractivity contribution in [1.82, 2.24) is 10.0 Å². The van der Waals surface area contributed by atoms with Crippen molar-refractivity contribution in [3.8, 4) is 5.75 Å². The minimum atomic E-state index is -3.96. The van der Waals surface area contributed by atoms with Crippen molar-refractivity contribution >= 4 is 27.5 Å². The van der Waals surface area contributed by atoms with E-state index in [0.29, 0.717) is 18.9 Å². The molecule has 0 aliphatic heterocycles. The molecule has 0 aromatic heterocycles. The molecule has 0 fully saturated rings. The number of sulfonamides is 1. The van der Waals surface area contributed by atoms with E-state index in [1.807, 2.05) is 37.3 Å². The van der Waals surface area contributed by atoms with Gasteiger partial charge in [-0.3, -0.25) is 4.79 Å². The first kappa shape index (κ1) is 24.2. The second kappa shape index (κ2) is 11.9. The number of hydrogen-bond acceptors (Lipinski definition) is 4. The normalized spacial score (nSPS) is 12.4. The Morgan fingerprint density at radius 3 is 2.47 bits per heavy atom. The van der Waals surface area contributed by atoms with Crippen LogP contribution in [0.4, 0.5) is 0 Å². The summed E-state index contributed by atoms with van der Waals surface area (Å²) < 4.78 is 33.8. The number of nitrogens with one attached hydrogen (secondary N) is 2.